The van der Waals surface area contributed by atoms with Gasteiger partial charge in [-0.25, -0.2) is 4.79 Å². The first-order valence-corrected chi connectivity index (χ1v) is 8.34. The van der Waals surface area contributed by atoms with Gasteiger partial charge in [-0.1, -0.05) is 45.0 Å². The molecule has 7 heteroatoms. The third kappa shape index (κ3) is 4.75. The SMILES string of the molecule is COc1cc(C(=O)OCc2ccc(C(C)(C)C)cc2)c([N+](=O)[O-])cc1OC. The summed E-state index contributed by atoms with van der Waals surface area (Å²) in [6, 6.07) is 10.1. The Morgan fingerprint density at radius 3 is 2.07 bits per heavy atom. The maximum Gasteiger partial charge on any atom is 0.345 e. The van der Waals surface area contributed by atoms with E-state index in [1.165, 1.54) is 20.3 Å². The number of esters is 1. The van der Waals surface area contributed by atoms with Crippen LogP contribution < -0.4 is 9.47 Å². The molecule has 0 atom stereocenters. The first-order valence-electron chi connectivity index (χ1n) is 8.34. The van der Waals surface area contributed by atoms with E-state index in [-0.39, 0.29) is 29.1 Å². The molecule has 0 saturated heterocycles. The van der Waals surface area contributed by atoms with Crippen LogP contribution in [0.5, 0.6) is 11.5 Å². The Bertz CT molecular complexity index is 837. The highest BCUT2D eigenvalue weighted by molar-refractivity contribution is 5.95. The van der Waals surface area contributed by atoms with Crippen LogP contribution in [0.1, 0.15) is 42.3 Å². The van der Waals surface area contributed by atoms with Gasteiger partial charge in [0.15, 0.2) is 11.5 Å². The molecule has 7 nitrogen and oxygen atoms in total. The lowest BCUT2D eigenvalue weighted by atomic mass is 9.87. The standard InChI is InChI=1S/C20H23NO6/c1-20(2,3)14-8-6-13(7-9-14)12-27-19(22)15-10-17(25-4)18(26-5)11-16(15)21(23)24/h6-11H,12H2,1-5H3. The van der Waals surface area contributed by atoms with Gasteiger partial charge in [-0.15, -0.1) is 0 Å². The minimum atomic E-state index is -0.803. The minimum Gasteiger partial charge on any atom is -0.493 e. The quantitative estimate of drug-likeness (QED) is 0.427. The lowest BCUT2D eigenvalue weighted by Gasteiger charge is -2.19. The van der Waals surface area contributed by atoms with Crippen LogP contribution in [0, 0.1) is 10.1 Å². The zero-order valence-corrected chi connectivity index (χ0v) is 16.1. The predicted octanol–water partition coefficient (Wildman–Crippen LogP) is 4.27. The first kappa shape index (κ1) is 20.2. The second-order valence-corrected chi connectivity index (χ2v) is 7.00. The van der Waals surface area contributed by atoms with Gasteiger partial charge in [-0.3, -0.25) is 10.1 Å². The average molecular weight is 373 g/mol. The molecule has 0 saturated carbocycles. The average Bonchev–Trinajstić information content (AvgIpc) is 2.64. The fourth-order valence-electron chi connectivity index (χ4n) is 2.51. The van der Waals surface area contributed by atoms with Crippen molar-refractivity contribution in [3.8, 4) is 11.5 Å². The molecule has 0 aliphatic rings. The third-order valence-corrected chi connectivity index (χ3v) is 4.11. The third-order valence-electron chi connectivity index (χ3n) is 4.11. The lowest BCUT2D eigenvalue weighted by Crippen LogP contribution is -2.11. The summed E-state index contributed by atoms with van der Waals surface area (Å²) >= 11 is 0. The Balaban J connectivity index is 2.21. The highest BCUT2D eigenvalue weighted by Crippen LogP contribution is 2.35. The molecule has 0 aliphatic heterocycles. The number of rotatable bonds is 6. The maximum atomic E-state index is 12.4. The van der Waals surface area contributed by atoms with Gasteiger partial charge in [0.25, 0.3) is 5.69 Å². The van der Waals surface area contributed by atoms with Crippen molar-refractivity contribution in [1.82, 2.24) is 0 Å². The number of methoxy groups -OCH3 is 2. The minimum absolute atomic E-state index is 0.00869. The number of ether oxygens (including phenoxy) is 3. The van der Waals surface area contributed by atoms with Crippen molar-refractivity contribution in [2.24, 2.45) is 0 Å². The molecule has 0 bridgehead atoms. The first-order chi connectivity index (χ1) is 12.7. The molecule has 0 spiro atoms. The second-order valence-electron chi connectivity index (χ2n) is 7.00. The molecule has 0 fully saturated rings. The smallest absolute Gasteiger partial charge is 0.345 e. The van der Waals surface area contributed by atoms with Crippen molar-refractivity contribution in [2.75, 3.05) is 14.2 Å². The lowest BCUT2D eigenvalue weighted by molar-refractivity contribution is -0.385. The number of nitro groups is 1. The highest BCUT2D eigenvalue weighted by Gasteiger charge is 2.25. The number of hydrogen-bond acceptors (Lipinski definition) is 6. The van der Waals surface area contributed by atoms with Crippen LogP contribution in [0.25, 0.3) is 0 Å². The molecule has 27 heavy (non-hydrogen) atoms. The van der Waals surface area contributed by atoms with Crippen molar-refractivity contribution in [1.29, 1.82) is 0 Å². The van der Waals surface area contributed by atoms with Crippen molar-refractivity contribution >= 4 is 11.7 Å². The highest BCUT2D eigenvalue weighted by atomic mass is 16.6. The zero-order chi connectivity index (χ0) is 20.2. The number of nitro benzene ring substituents is 1. The van der Waals surface area contributed by atoms with Crippen LogP contribution >= 0.6 is 0 Å². The number of nitrogens with zero attached hydrogens (tertiary/aromatic N) is 1. The topological polar surface area (TPSA) is 87.9 Å². The van der Waals surface area contributed by atoms with Gasteiger partial charge in [0.1, 0.15) is 12.2 Å². The van der Waals surface area contributed by atoms with Gasteiger partial charge in [0.05, 0.1) is 25.2 Å². The maximum absolute atomic E-state index is 12.4. The summed E-state index contributed by atoms with van der Waals surface area (Å²) in [5.74, 6) is -0.425. The normalized spacial score (nSPS) is 11.0. The van der Waals surface area contributed by atoms with Gasteiger partial charge in [-0.05, 0) is 16.5 Å². The molecule has 2 aromatic carbocycles. The molecule has 0 N–H and O–H groups in total. The number of carbonyl (C=O) groups is 1. The van der Waals surface area contributed by atoms with Crippen LogP contribution in [0.15, 0.2) is 36.4 Å². The summed E-state index contributed by atoms with van der Waals surface area (Å²) in [7, 11) is 2.75. The van der Waals surface area contributed by atoms with E-state index < -0.39 is 16.6 Å². The van der Waals surface area contributed by atoms with E-state index in [4.69, 9.17) is 14.2 Å². The van der Waals surface area contributed by atoms with Crippen molar-refractivity contribution in [3.63, 3.8) is 0 Å². The molecule has 0 aliphatic carbocycles. The summed E-state index contributed by atoms with van der Waals surface area (Å²) < 4.78 is 15.4. The van der Waals surface area contributed by atoms with E-state index in [2.05, 4.69) is 20.8 Å². The largest absolute Gasteiger partial charge is 0.493 e. The van der Waals surface area contributed by atoms with Crippen molar-refractivity contribution < 1.29 is 23.9 Å². The van der Waals surface area contributed by atoms with E-state index in [9.17, 15) is 14.9 Å². The fourth-order valence-corrected chi connectivity index (χ4v) is 2.51. The summed E-state index contributed by atoms with van der Waals surface area (Å²) in [4.78, 5) is 23.1. The molecule has 0 unspecified atom stereocenters. The van der Waals surface area contributed by atoms with Crippen molar-refractivity contribution in [3.05, 3.63) is 63.2 Å². The molecule has 0 radical (unpaired) electrons. The van der Waals surface area contributed by atoms with Gasteiger partial charge in [0.2, 0.25) is 0 Å². The van der Waals surface area contributed by atoms with Gasteiger partial charge >= 0.3 is 5.97 Å². The van der Waals surface area contributed by atoms with E-state index >= 15 is 0 Å². The van der Waals surface area contributed by atoms with Crippen LogP contribution in [0.3, 0.4) is 0 Å². The second kappa shape index (κ2) is 8.07. The van der Waals surface area contributed by atoms with Crippen LogP contribution in [0.4, 0.5) is 5.69 Å². The summed E-state index contributed by atoms with van der Waals surface area (Å²) in [6.45, 7) is 6.34. The molecule has 0 heterocycles. The molecule has 0 aromatic heterocycles. The van der Waals surface area contributed by atoms with Gasteiger partial charge in [0, 0.05) is 6.07 Å². The number of benzene rings is 2. The Morgan fingerprint density at radius 2 is 1.59 bits per heavy atom. The Kier molecular flexibility index (Phi) is 6.05. The summed E-state index contributed by atoms with van der Waals surface area (Å²) in [5.41, 5.74) is 1.38. The van der Waals surface area contributed by atoms with Crippen LogP contribution in [-0.2, 0) is 16.8 Å². The summed E-state index contributed by atoms with van der Waals surface area (Å²) in [5, 5.41) is 11.3. The van der Waals surface area contributed by atoms with E-state index in [1.54, 1.807) is 0 Å². The van der Waals surface area contributed by atoms with Gasteiger partial charge < -0.3 is 14.2 Å². The molecule has 2 aromatic rings. The van der Waals surface area contributed by atoms with E-state index in [1.807, 2.05) is 24.3 Å². The van der Waals surface area contributed by atoms with Crippen molar-refractivity contribution in [2.45, 2.75) is 32.8 Å². The monoisotopic (exact) mass is 373 g/mol. The fraction of sp³-hybridized carbons (Fsp3) is 0.350. The predicted molar refractivity (Wildman–Crippen MR) is 100 cm³/mol. The number of hydrogen-bond donors (Lipinski definition) is 0. The Labute approximate surface area is 158 Å². The molecular formula is C20H23NO6. The Morgan fingerprint density at radius 1 is 1.04 bits per heavy atom. The number of carbonyl (C=O) groups excluding carboxylic acids is 1. The van der Waals surface area contributed by atoms with Gasteiger partial charge in [-0.2, -0.15) is 0 Å². The molecule has 0 amide bonds. The summed E-state index contributed by atoms with van der Waals surface area (Å²) in [6.07, 6.45) is 0. The van der Waals surface area contributed by atoms with E-state index in [0.717, 1.165) is 17.2 Å². The van der Waals surface area contributed by atoms with Crippen LogP contribution in [0.2, 0.25) is 0 Å². The molecule has 144 valence electrons. The Hall–Kier alpha value is -3.09. The van der Waals surface area contributed by atoms with E-state index in [0.29, 0.717) is 0 Å². The molecular weight excluding hydrogens is 350 g/mol. The molecule has 2 rings (SSSR count). The van der Waals surface area contributed by atoms with Crippen LogP contribution in [-0.4, -0.2) is 25.1 Å². The zero-order valence-electron chi connectivity index (χ0n) is 16.1.